The van der Waals surface area contributed by atoms with Crippen LogP contribution in [-0.2, 0) is 11.0 Å². The minimum atomic E-state index is -4.52. The van der Waals surface area contributed by atoms with Crippen molar-refractivity contribution >= 4 is 17.6 Å². The number of methoxy groups -OCH3 is 2. The summed E-state index contributed by atoms with van der Waals surface area (Å²) in [6, 6.07) is 6.16. The molecule has 1 aliphatic rings. The summed E-state index contributed by atoms with van der Waals surface area (Å²) in [4.78, 5) is 33.2. The number of piperazine rings is 1. The number of carbonyl (C=O) groups excluding carboxylic acids is 2. The molecule has 2 amide bonds. The molecule has 0 spiro atoms. The summed E-state index contributed by atoms with van der Waals surface area (Å²) in [6.07, 6.45) is -3.20. The summed E-state index contributed by atoms with van der Waals surface area (Å²) >= 11 is 0. The van der Waals surface area contributed by atoms with E-state index in [0.29, 0.717) is 11.5 Å². The first kappa shape index (κ1) is 26.1. The van der Waals surface area contributed by atoms with Gasteiger partial charge in [-0.3, -0.25) is 9.59 Å². The van der Waals surface area contributed by atoms with Gasteiger partial charge in [0.15, 0.2) is 0 Å². The molecule has 0 saturated carbocycles. The standard InChI is InChI=1S/C24H29F3N4O4/c1-15(2)20(29-22(32)16-12-17(34-3)14-18(13-16)35-4)23(33)31-10-8-30(9-11-31)21-19(24(25,26)27)6-5-7-28-21/h5-7,12-15,20H,8-11H2,1-4H3,(H,29,32). The highest BCUT2D eigenvalue weighted by molar-refractivity contribution is 5.98. The summed E-state index contributed by atoms with van der Waals surface area (Å²) in [7, 11) is 2.94. The SMILES string of the molecule is COc1cc(OC)cc(C(=O)NC(C(=O)N2CCN(c3ncccc3C(F)(F)F)CC2)C(C)C)c1. The lowest BCUT2D eigenvalue weighted by atomic mass is 10.0. The Hall–Kier alpha value is -3.50. The third-order valence-corrected chi connectivity index (χ3v) is 5.82. The Balaban J connectivity index is 1.70. The second-order valence-corrected chi connectivity index (χ2v) is 8.48. The summed E-state index contributed by atoms with van der Waals surface area (Å²) in [5.41, 5.74) is -0.528. The van der Waals surface area contributed by atoms with Crippen molar-refractivity contribution < 1.29 is 32.2 Å². The summed E-state index contributed by atoms with van der Waals surface area (Å²) in [5.74, 6) is -0.245. The average Bonchev–Trinajstić information content (AvgIpc) is 2.85. The van der Waals surface area contributed by atoms with Crippen LogP contribution >= 0.6 is 0 Å². The van der Waals surface area contributed by atoms with E-state index in [2.05, 4.69) is 10.3 Å². The number of aromatic nitrogens is 1. The molecule has 35 heavy (non-hydrogen) atoms. The largest absolute Gasteiger partial charge is 0.497 e. The summed E-state index contributed by atoms with van der Waals surface area (Å²) < 4.78 is 50.5. The smallest absolute Gasteiger partial charge is 0.419 e. The van der Waals surface area contributed by atoms with Crippen LogP contribution in [0.2, 0.25) is 0 Å². The van der Waals surface area contributed by atoms with Crippen molar-refractivity contribution in [1.82, 2.24) is 15.2 Å². The molecule has 0 bridgehead atoms. The van der Waals surface area contributed by atoms with Crippen LogP contribution in [0.4, 0.5) is 19.0 Å². The molecule has 2 aromatic rings. The molecule has 190 valence electrons. The van der Waals surface area contributed by atoms with Crippen LogP contribution in [0.1, 0.15) is 29.8 Å². The zero-order valence-corrected chi connectivity index (χ0v) is 20.1. The van der Waals surface area contributed by atoms with Gasteiger partial charge in [-0.25, -0.2) is 4.98 Å². The fourth-order valence-electron chi connectivity index (χ4n) is 3.88. The lowest BCUT2D eigenvalue weighted by Gasteiger charge is -2.38. The number of rotatable bonds is 7. The quantitative estimate of drug-likeness (QED) is 0.637. The van der Waals surface area contributed by atoms with Crippen molar-refractivity contribution in [3.05, 3.63) is 47.7 Å². The molecule has 0 radical (unpaired) electrons. The molecule has 2 heterocycles. The number of amides is 2. The molecule has 1 aromatic carbocycles. The number of carbonyl (C=O) groups is 2. The fourth-order valence-corrected chi connectivity index (χ4v) is 3.88. The van der Waals surface area contributed by atoms with E-state index >= 15 is 0 Å². The zero-order valence-electron chi connectivity index (χ0n) is 20.1. The van der Waals surface area contributed by atoms with Gasteiger partial charge in [0.25, 0.3) is 5.91 Å². The van der Waals surface area contributed by atoms with Crippen LogP contribution in [0.3, 0.4) is 0 Å². The number of nitrogens with zero attached hydrogens (tertiary/aromatic N) is 3. The van der Waals surface area contributed by atoms with Crippen molar-refractivity contribution in [2.24, 2.45) is 5.92 Å². The van der Waals surface area contributed by atoms with Crippen LogP contribution in [0.25, 0.3) is 0 Å². The van der Waals surface area contributed by atoms with Crippen LogP contribution in [-0.4, -0.2) is 68.1 Å². The molecule has 1 fully saturated rings. The van der Waals surface area contributed by atoms with Gasteiger partial charge in [-0.15, -0.1) is 0 Å². The van der Waals surface area contributed by atoms with Gasteiger partial charge >= 0.3 is 6.18 Å². The minimum absolute atomic E-state index is 0.146. The first-order chi connectivity index (χ1) is 16.5. The Kier molecular flexibility index (Phi) is 8.08. The minimum Gasteiger partial charge on any atom is -0.497 e. The summed E-state index contributed by atoms with van der Waals surface area (Å²) in [6.45, 7) is 4.43. The fraction of sp³-hybridized carbons (Fsp3) is 0.458. The molecule has 11 heteroatoms. The summed E-state index contributed by atoms with van der Waals surface area (Å²) in [5, 5.41) is 2.79. The van der Waals surface area contributed by atoms with Crippen molar-refractivity contribution in [2.45, 2.75) is 26.1 Å². The van der Waals surface area contributed by atoms with Crippen molar-refractivity contribution in [3.8, 4) is 11.5 Å². The molecular weight excluding hydrogens is 465 g/mol. The lowest BCUT2D eigenvalue weighted by Crippen LogP contribution is -2.56. The first-order valence-electron chi connectivity index (χ1n) is 11.1. The van der Waals surface area contributed by atoms with Crippen LogP contribution in [0.15, 0.2) is 36.5 Å². The van der Waals surface area contributed by atoms with E-state index in [1.165, 1.54) is 31.4 Å². The van der Waals surface area contributed by atoms with E-state index in [1.807, 2.05) is 13.8 Å². The van der Waals surface area contributed by atoms with Crippen molar-refractivity contribution in [1.29, 1.82) is 0 Å². The van der Waals surface area contributed by atoms with Gasteiger partial charge in [-0.2, -0.15) is 13.2 Å². The molecular formula is C24H29F3N4O4. The van der Waals surface area contributed by atoms with Gasteiger partial charge in [0.05, 0.1) is 19.8 Å². The molecule has 1 aliphatic heterocycles. The number of pyridine rings is 1. The second-order valence-electron chi connectivity index (χ2n) is 8.48. The Labute approximate surface area is 202 Å². The molecule has 3 rings (SSSR count). The van der Waals surface area contributed by atoms with E-state index < -0.39 is 23.7 Å². The third-order valence-electron chi connectivity index (χ3n) is 5.82. The topological polar surface area (TPSA) is 84.0 Å². The maximum atomic E-state index is 13.4. The predicted molar refractivity (Wildman–Crippen MR) is 124 cm³/mol. The van der Waals surface area contributed by atoms with Gasteiger partial charge in [-0.05, 0) is 30.2 Å². The maximum Gasteiger partial charge on any atom is 0.419 e. The Morgan fingerprint density at radius 3 is 2.14 bits per heavy atom. The van der Waals surface area contributed by atoms with Gasteiger partial charge in [0, 0.05) is 44.0 Å². The molecule has 1 unspecified atom stereocenters. The highest BCUT2D eigenvalue weighted by atomic mass is 19.4. The van der Waals surface area contributed by atoms with E-state index in [4.69, 9.17) is 9.47 Å². The normalized spacial score (nSPS) is 15.1. The van der Waals surface area contributed by atoms with Gasteiger partial charge < -0.3 is 24.6 Å². The molecule has 0 aliphatic carbocycles. The number of nitrogens with one attached hydrogen (secondary N) is 1. The molecule has 1 atom stereocenters. The highest BCUT2D eigenvalue weighted by Gasteiger charge is 2.37. The monoisotopic (exact) mass is 494 g/mol. The zero-order chi connectivity index (χ0) is 25.8. The van der Waals surface area contributed by atoms with Crippen LogP contribution < -0.4 is 19.7 Å². The number of ether oxygens (including phenoxy) is 2. The van der Waals surface area contributed by atoms with Crippen molar-refractivity contribution in [2.75, 3.05) is 45.3 Å². The van der Waals surface area contributed by atoms with Crippen LogP contribution in [0.5, 0.6) is 11.5 Å². The Morgan fingerprint density at radius 1 is 1.03 bits per heavy atom. The Bertz CT molecular complexity index is 1030. The molecule has 1 aromatic heterocycles. The lowest BCUT2D eigenvalue weighted by molar-refractivity contribution is -0.138. The number of benzene rings is 1. The molecule has 1 N–H and O–H groups in total. The second kappa shape index (κ2) is 10.8. The number of anilines is 1. The van der Waals surface area contributed by atoms with Gasteiger partial charge in [-0.1, -0.05) is 13.8 Å². The maximum absolute atomic E-state index is 13.4. The van der Waals surface area contributed by atoms with E-state index in [0.717, 1.165) is 6.07 Å². The van der Waals surface area contributed by atoms with Gasteiger partial charge in [0.1, 0.15) is 23.4 Å². The van der Waals surface area contributed by atoms with Crippen LogP contribution in [0, 0.1) is 5.92 Å². The highest BCUT2D eigenvalue weighted by Crippen LogP contribution is 2.35. The average molecular weight is 495 g/mol. The number of alkyl halides is 3. The van der Waals surface area contributed by atoms with Gasteiger partial charge in [0.2, 0.25) is 5.91 Å². The van der Waals surface area contributed by atoms with E-state index in [-0.39, 0.29) is 49.4 Å². The van der Waals surface area contributed by atoms with E-state index in [1.54, 1.807) is 23.1 Å². The predicted octanol–water partition coefficient (Wildman–Crippen LogP) is 3.22. The molecule has 1 saturated heterocycles. The number of halogens is 3. The first-order valence-corrected chi connectivity index (χ1v) is 11.1. The van der Waals surface area contributed by atoms with E-state index in [9.17, 15) is 22.8 Å². The molecule has 8 nitrogen and oxygen atoms in total. The van der Waals surface area contributed by atoms with Crippen molar-refractivity contribution in [3.63, 3.8) is 0 Å². The number of hydrogen-bond donors (Lipinski definition) is 1. The number of hydrogen-bond acceptors (Lipinski definition) is 6. The third kappa shape index (κ3) is 6.14. The Morgan fingerprint density at radius 2 is 1.63 bits per heavy atom.